The van der Waals surface area contributed by atoms with Gasteiger partial charge in [0.15, 0.2) is 5.69 Å². The Hall–Kier alpha value is -3.12. The highest BCUT2D eigenvalue weighted by Crippen LogP contribution is 2.43. The van der Waals surface area contributed by atoms with Crippen LogP contribution in [0.5, 0.6) is 0 Å². The first-order valence-corrected chi connectivity index (χ1v) is 9.57. The van der Waals surface area contributed by atoms with Crippen LogP contribution in [0, 0.1) is 34.2 Å². The maximum Gasteiger partial charge on any atom is 0.232 e. The normalized spacial score (nSPS) is 14.9. The molecule has 0 fully saturated rings. The molecular formula is C26H27N2O+. The quantitative estimate of drug-likeness (QED) is 0.268. The Morgan fingerprint density at radius 3 is 2.45 bits per heavy atom. The third-order valence-electron chi connectivity index (χ3n) is 5.76. The van der Waals surface area contributed by atoms with Crippen molar-refractivity contribution >= 4 is 27.6 Å². The zero-order valence-electron chi connectivity index (χ0n) is 22.6. The van der Waals surface area contributed by atoms with E-state index in [4.69, 9.17) is 17.8 Å². The smallest absolute Gasteiger partial charge is 0.232 e. The average molecular weight is 389 g/mol. The molecule has 0 saturated carbocycles. The highest BCUT2D eigenvalue weighted by atomic mass is 16.3. The van der Waals surface area contributed by atoms with Crippen LogP contribution in [0.15, 0.2) is 34.7 Å². The molecule has 0 radical (unpaired) electrons. The minimum Gasteiger partial charge on any atom is -0.466 e. The van der Waals surface area contributed by atoms with Gasteiger partial charge >= 0.3 is 0 Å². The molecule has 0 unspecified atom stereocenters. The van der Waals surface area contributed by atoms with Crippen molar-refractivity contribution in [2.45, 2.75) is 47.4 Å². The zero-order valence-corrected chi connectivity index (χ0v) is 17.6. The highest BCUT2D eigenvalue weighted by Gasteiger charge is 2.25. The Kier molecular flexibility index (Phi) is 3.24. The van der Waals surface area contributed by atoms with Crippen LogP contribution >= 0.6 is 0 Å². The van der Waals surface area contributed by atoms with E-state index in [0.29, 0.717) is 44.9 Å². The van der Waals surface area contributed by atoms with Gasteiger partial charge in [-0.25, -0.2) is 4.85 Å². The van der Waals surface area contributed by atoms with E-state index in [0.717, 1.165) is 16.3 Å². The van der Waals surface area contributed by atoms with Gasteiger partial charge in [-0.05, 0) is 43.3 Å². The largest absolute Gasteiger partial charge is 0.466 e. The van der Waals surface area contributed by atoms with E-state index in [1.165, 1.54) is 0 Å². The molecule has 2 aromatic carbocycles. The summed E-state index contributed by atoms with van der Waals surface area (Å²) in [5, 5.41) is 1.58. The second-order valence-electron chi connectivity index (χ2n) is 7.80. The van der Waals surface area contributed by atoms with Gasteiger partial charge in [-0.3, -0.25) is 0 Å². The minimum atomic E-state index is -2.33. The number of aryl methyl sites for hydroxylation is 1. The van der Waals surface area contributed by atoms with E-state index in [1.807, 2.05) is 31.2 Å². The van der Waals surface area contributed by atoms with E-state index in [9.17, 15) is 0 Å². The van der Waals surface area contributed by atoms with Gasteiger partial charge in [0.2, 0.25) is 11.4 Å². The summed E-state index contributed by atoms with van der Waals surface area (Å²) in [7, 11) is 1.77. The van der Waals surface area contributed by atoms with Crippen LogP contribution in [0.2, 0.25) is 0 Å². The van der Waals surface area contributed by atoms with Crippen LogP contribution in [-0.4, -0.2) is 0 Å². The fourth-order valence-corrected chi connectivity index (χ4v) is 3.96. The van der Waals surface area contributed by atoms with Crippen LogP contribution in [0.1, 0.15) is 54.5 Å². The molecule has 3 nitrogen and oxygen atoms in total. The van der Waals surface area contributed by atoms with Gasteiger partial charge in [0.25, 0.3) is 0 Å². The molecule has 0 aliphatic carbocycles. The number of benzene rings is 2. The summed E-state index contributed by atoms with van der Waals surface area (Å²) in [6, 6.07) is 7.73. The highest BCUT2D eigenvalue weighted by molar-refractivity contribution is 6.13. The Balaban J connectivity index is 2.17. The average Bonchev–Trinajstić information content (AvgIpc) is 3.10. The third kappa shape index (κ3) is 2.75. The Morgan fingerprint density at radius 1 is 1.10 bits per heavy atom. The van der Waals surface area contributed by atoms with E-state index >= 15 is 0 Å². The predicted molar refractivity (Wildman–Crippen MR) is 120 cm³/mol. The molecule has 29 heavy (non-hydrogen) atoms. The van der Waals surface area contributed by atoms with Crippen LogP contribution in [0.3, 0.4) is 0 Å². The summed E-state index contributed by atoms with van der Waals surface area (Å²) >= 11 is 0. The lowest BCUT2D eigenvalue weighted by Crippen LogP contribution is -2.36. The van der Waals surface area contributed by atoms with Gasteiger partial charge in [-0.15, -0.1) is 0 Å². The monoisotopic (exact) mass is 388 g/mol. The van der Waals surface area contributed by atoms with Gasteiger partial charge in [-0.1, -0.05) is 38.1 Å². The number of hydrogen-bond donors (Lipinski definition) is 0. The number of nitrogens with zero attached hydrogens (tertiary/aromatic N) is 2. The fraction of sp³-hybridized carbons (Fsp3) is 0.308. The summed E-state index contributed by atoms with van der Waals surface area (Å²) in [6.45, 7) is 14.3. The molecule has 146 valence electrons. The van der Waals surface area contributed by atoms with Crippen molar-refractivity contribution < 1.29 is 15.8 Å². The summed E-state index contributed by atoms with van der Waals surface area (Å²) in [6.07, 6.45) is 0. The second kappa shape index (κ2) is 6.74. The Morgan fingerprint density at radius 2 is 1.79 bits per heavy atom. The summed E-state index contributed by atoms with van der Waals surface area (Å²) in [5.41, 5.74) is 5.20. The molecule has 0 spiro atoms. The van der Waals surface area contributed by atoms with Crippen molar-refractivity contribution in [1.29, 1.82) is 0 Å². The van der Waals surface area contributed by atoms with E-state index in [1.54, 1.807) is 39.3 Å². The lowest BCUT2D eigenvalue weighted by atomic mass is 9.96. The molecule has 3 heteroatoms. The first-order valence-electron chi connectivity index (χ1n) is 12.1. The van der Waals surface area contributed by atoms with Crippen molar-refractivity contribution in [1.82, 2.24) is 0 Å². The number of furan rings is 1. The number of aromatic nitrogens is 1. The summed E-state index contributed by atoms with van der Waals surface area (Å²) in [5.74, 6) is -0.966. The third-order valence-corrected chi connectivity index (χ3v) is 5.76. The van der Waals surface area contributed by atoms with Gasteiger partial charge in [-0.2, -0.15) is 4.57 Å². The first kappa shape index (κ1) is 14.0. The molecule has 0 amide bonds. The minimum absolute atomic E-state index is 0.133. The predicted octanol–water partition coefficient (Wildman–Crippen LogP) is 6.99. The molecule has 0 aliphatic heterocycles. The first-order chi connectivity index (χ1) is 15.7. The van der Waals surface area contributed by atoms with E-state index in [-0.39, 0.29) is 11.6 Å². The molecule has 2 heterocycles. The van der Waals surface area contributed by atoms with Gasteiger partial charge < -0.3 is 4.42 Å². The van der Waals surface area contributed by atoms with Gasteiger partial charge in [0, 0.05) is 34.8 Å². The summed E-state index contributed by atoms with van der Waals surface area (Å²) < 4.78 is 49.3. The number of fused-ring (bicyclic) bond motifs is 3. The number of hydrogen-bond acceptors (Lipinski definition) is 1. The Labute approximate surface area is 179 Å². The molecule has 4 aromatic rings. The van der Waals surface area contributed by atoms with Gasteiger partial charge in [0.1, 0.15) is 18.2 Å². The van der Waals surface area contributed by atoms with Crippen LogP contribution in [-0.2, 0) is 7.05 Å². The van der Waals surface area contributed by atoms with E-state index < -0.39 is 12.7 Å². The van der Waals surface area contributed by atoms with E-state index in [2.05, 4.69) is 4.85 Å². The number of pyridine rings is 1. The molecule has 0 N–H and O–H groups in total. The Bertz CT molecular complexity index is 1500. The molecular weight excluding hydrogens is 356 g/mol. The molecule has 0 saturated heterocycles. The SMILES string of the molecule is [2H]c1c(C)c(C([2H])([2H])[2H])c(C)[n+](C)c1-c1c(C)ccc2c1oc1c([N+]#[C-])c(C([2H])(C)C)ccc12. The van der Waals surface area contributed by atoms with Crippen molar-refractivity contribution in [3.63, 3.8) is 0 Å². The van der Waals surface area contributed by atoms with Crippen molar-refractivity contribution in [3.8, 4) is 11.3 Å². The van der Waals surface area contributed by atoms with Crippen molar-refractivity contribution in [2.75, 3.05) is 0 Å². The van der Waals surface area contributed by atoms with Gasteiger partial charge in [0.05, 0.1) is 13.5 Å². The molecule has 2 aromatic heterocycles. The maximum atomic E-state index is 8.91. The van der Waals surface area contributed by atoms with Crippen LogP contribution in [0.4, 0.5) is 5.69 Å². The number of rotatable bonds is 2. The molecule has 0 aliphatic rings. The van der Waals surface area contributed by atoms with Crippen LogP contribution < -0.4 is 4.57 Å². The standard InChI is InChI=1S/C26H27N2O/c1-14(2)19-11-12-21-20-10-9-15(3)23(25(20)29-26(21)24(19)27-7)22-13-16(4)17(5)18(6)28(22)8/h9-14H,1-6,8H3/q+1/i5D3,13D,14D. The topological polar surface area (TPSA) is 21.4 Å². The van der Waals surface area contributed by atoms with Crippen molar-refractivity contribution in [2.24, 2.45) is 7.05 Å². The molecule has 4 rings (SSSR count). The lowest BCUT2D eigenvalue weighted by Gasteiger charge is -2.10. The second-order valence-corrected chi connectivity index (χ2v) is 7.80. The zero-order chi connectivity index (χ0) is 25.3. The molecule has 0 atom stereocenters. The maximum absolute atomic E-state index is 8.91. The summed E-state index contributed by atoms with van der Waals surface area (Å²) in [4.78, 5) is 3.72. The lowest BCUT2D eigenvalue weighted by molar-refractivity contribution is -0.667. The van der Waals surface area contributed by atoms with Crippen molar-refractivity contribution in [3.05, 3.63) is 69.7 Å². The molecule has 0 bridgehead atoms. The fourth-order valence-electron chi connectivity index (χ4n) is 3.96. The van der Waals surface area contributed by atoms with Crippen LogP contribution in [0.25, 0.3) is 38.0 Å².